The number of furan rings is 1. The molecule has 0 aliphatic rings. The number of nitrogens with one attached hydrogen (secondary N) is 2. The second-order valence-electron chi connectivity index (χ2n) is 5.33. The quantitative estimate of drug-likeness (QED) is 0.610. The van der Waals surface area contributed by atoms with E-state index in [1.54, 1.807) is 17.6 Å². The Balaban J connectivity index is 1.83. The van der Waals surface area contributed by atoms with E-state index in [0.29, 0.717) is 12.5 Å². The summed E-state index contributed by atoms with van der Waals surface area (Å²) >= 11 is 1.70. The van der Waals surface area contributed by atoms with Gasteiger partial charge in [0.2, 0.25) is 0 Å². The van der Waals surface area contributed by atoms with Crippen molar-refractivity contribution >= 4 is 17.3 Å². The van der Waals surface area contributed by atoms with Crippen molar-refractivity contribution in [3.05, 3.63) is 46.5 Å². The molecular weight excluding hydrogens is 282 g/mol. The summed E-state index contributed by atoms with van der Waals surface area (Å²) in [6.07, 6.45) is 2.56. The maximum absolute atomic E-state index is 5.33. The first-order valence-electron chi connectivity index (χ1n) is 7.29. The average molecular weight is 305 g/mol. The number of hydrogen-bond donors (Lipinski definition) is 2. The minimum Gasteiger partial charge on any atom is -0.469 e. The Hall–Kier alpha value is -1.75. The second-order valence-corrected chi connectivity index (χ2v) is 6.11. The molecule has 4 nitrogen and oxygen atoms in total. The van der Waals surface area contributed by atoms with Crippen molar-refractivity contribution in [1.29, 1.82) is 0 Å². The van der Waals surface area contributed by atoms with E-state index < -0.39 is 0 Å². The van der Waals surface area contributed by atoms with Crippen LogP contribution >= 0.6 is 11.3 Å². The smallest absolute Gasteiger partial charge is 0.191 e. The monoisotopic (exact) mass is 305 g/mol. The molecule has 2 aromatic rings. The minimum atomic E-state index is 0.586. The van der Waals surface area contributed by atoms with Crippen LogP contribution in [0.15, 0.2) is 44.6 Å². The SMILES string of the molecule is CC(C)CNC(=NCc1ccsc1)NCCc1ccco1. The van der Waals surface area contributed by atoms with E-state index in [-0.39, 0.29) is 0 Å². The van der Waals surface area contributed by atoms with E-state index in [9.17, 15) is 0 Å². The Kier molecular flexibility index (Phi) is 6.34. The first kappa shape index (κ1) is 15.6. The fraction of sp³-hybridized carbons (Fsp3) is 0.438. The molecule has 2 heterocycles. The van der Waals surface area contributed by atoms with Gasteiger partial charge in [-0.25, -0.2) is 4.99 Å². The Morgan fingerprint density at radius 1 is 1.33 bits per heavy atom. The van der Waals surface area contributed by atoms with E-state index in [0.717, 1.165) is 31.2 Å². The van der Waals surface area contributed by atoms with Gasteiger partial charge >= 0.3 is 0 Å². The number of guanidine groups is 1. The zero-order chi connectivity index (χ0) is 14.9. The molecule has 0 amide bonds. The zero-order valence-electron chi connectivity index (χ0n) is 12.6. The normalized spacial score (nSPS) is 11.9. The van der Waals surface area contributed by atoms with Crippen LogP contribution in [0.1, 0.15) is 25.2 Å². The molecule has 0 saturated heterocycles. The van der Waals surface area contributed by atoms with Gasteiger partial charge in [-0.1, -0.05) is 13.8 Å². The molecule has 0 unspecified atom stereocenters. The molecule has 21 heavy (non-hydrogen) atoms. The highest BCUT2D eigenvalue weighted by atomic mass is 32.1. The van der Waals surface area contributed by atoms with Crippen LogP contribution in [0.5, 0.6) is 0 Å². The minimum absolute atomic E-state index is 0.586. The van der Waals surface area contributed by atoms with Gasteiger partial charge in [0.05, 0.1) is 12.8 Å². The van der Waals surface area contributed by atoms with Gasteiger partial charge in [0.25, 0.3) is 0 Å². The molecule has 0 saturated carbocycles. The highest BCUT2D eigenvalue weighted by Crippen LogP contribution is 2.06. The van der Waals surface area contributed by atoms with Gasteiger partial charge in [-0.15, -0.1) is 0 Å². The van der Waals surface area contributed by atoms with Crippen molar-refractivity contribution in [3.8, 4) is 0 Å². The van der Waals surface area contributed by atoms with Gasteiger partial charge in [0, 0.05) is 19.5 Å². The van der Waals surface area contributed by atoms with Gasteiger partial charge in [-0.2, -0.15) is 11.3 Å². The maximum atomic E-state index is 5.33. The Labute approximate surface area is 130 Å². The van der Waals surface area contributed by atoms with E-state index in [4.69, 9.17) is 4.42 Å². The molecule has 0 spiro atoms. The molecule has 2 rings (SSSR count). The average Bonchev–Trinajstić information content (AvgIpc) is 3.14. The van der Waals surface area contributed by atoms with Crippen LogP contribution in [-0.2, 0) is 13.0 Å². The number of thiophene rings is 1. The van der Waals surface area contributed by atoms with Gasteiger partial charge < -0.3 is 15.1 Å². The lowest BCUT2D eigenvalue weighted by Crippen LogP contribution is -2.40. The summed E-state index contributed by atoms with van der Waals surface area (Å²) in [5, 5.41) is 10.9. The molecule has 2 aromatic heterocycles. The third kappa shape index (κ3) is 6.04. The van der Waals surface area contributed by atoms with E-state index in [1.165, 1.54) is 5.56 Å². The van der Waals surface area contributed by atoms with E-state index >= 15 is 0 Å². The number of nitrogens with zero attached hydrogens (tertiary/aromatic N) is 1. The highest BCUT2D eigenvalue weighted by molar-refractivity contribution is 7.07. The summed E-state index contributed by atoms with van der Waals surface area (Å²) in [4.78, 5) is 4.63. The summed E-state index contributed by atoms with van der Waals surface area (Å²) in [6.45, 7) is 6.80. The van der Waals surface area contributed by atoms with Gasteiger partial charge in [0.15, 0.2) is 5.96 Å². The first-order valence-corrected chi connectivity index (χ1v) is 8.24. The van der Waals surface area contributed by atoms with Crippen molar-refractivity contribution in [2.75, 3.05) is 13.1 Å². The predicted octanol–water partition coefficient (Wildman–Crippen LogP) is 3.28. The van der Waals surface area contributed by atoms with Crippen LogP contribution in [-0.4, -0.2) is 19.0 Å². The Bertz CT molecular complexity index is 518. The summed E-state index contributed by atoms with van der Waals surface area (Å²) < 4.78 is 5.33. The largest absolute Gasteiger partial charge is 0.469 e. The zero-order valence-corrected chi connectivity index (χ0v) is 13.5. The lowest BCUT2D eigenvalue weighted by molar-refractivity contribution is 0.506. The highest BCUT2D eigenvalue weighted by Gasteiger charge is 2.02. The number of hydrogen-bond acceptors (Lipinski definition) is 3. The van der Waals surface area contributed by atoms with E-state index in [2.05, 4.69) is 46.3 Å². The maximum Gasteiger partial charge on any atom is 0.191 e. The van der Waals surface area contributed by atoms with Crippen molar-refractivity contribution < 1.29 is 4.42 Å². The molecule has 0 aliphatic heterocycles. The number of rotatable bonds is 7. The van der Waals surface area contributed by atoms with Crippen LogP contribution in [0.25, 0.3) is 0 Å². The molecule has 5 heteroatoms. The topological polar surface area (TPSA) is 49.6 Å². The molecule has 0 atom stereocenters. The second kappa shape index (κ2) is 8.52. The van der Waals surface area contributed by atoms with Crippen molar-refractivity contribution in [2.45, 2.75) is 26.8 Å². The fourth-order valence-corrected chi connectivity index (χ4v) is 2.45. The molecule has 114 valence electrons. The van der Waals surface area contributed by atoms with Crippen LogP contribution in [0, 0.1) is 5.92 Å². The van der Waals surface area contributed by atoms with Crippen molar-refractivity contribution in [3.63, 3.8) is 0 Å². The first-order chi connectivity index (χ1) is 10.2. The molecule has 0 bridgehead atoms. The standard InChI is InChI=1S/C16H23N3OS/c1-13(2)10-18-16(19-11-14-6-9-21-12-14)17-7-5-15-4-3-8-20-15/h3-4,6,8-9,12-13H,5,7,10-11H2,1-2H3,(H2,17,18,19). The van der Waals surface area contributed by atoms with Crippen molar-refractivity contribution in [2.24, 2.45) is 10.9 Å². The third-order valence-electron chi connectivity index (χ3n) is 2.92. The molecule has 2 N–H and O–H groups in total. The Morgan fingerprint density at radius 2 is 2.24 bits per heavy atom. The summed E-state index contributed by atoms with van der Waals surface area (Å²) in [5.74, 6) is 2.44. The third-order valence-corrected chi connectivity index (χ3v) is 3.65. The lowest BCUT2D eigenvalue weighted by Gasteiger charge is -2.13. The van der Waals surface area contributed by atoms with Gasteiger partial charge in [-0.05, 0) is 40.4 Å². The number of aliphatic imine (C=N–C) groups is 1. The van der Waals surface area contributed by atoms with Crippen LogP contribution < -0.4 is 10.6 Å². The molecular formula is C16H23N3OS. The van der Waals surface area contributed by atoms with Crippen LogP contribution in [0.3, 0.4) is 0 Å². The van der Waals surface area contributed by atoms with Crippen LogP contribution in [0.4, 0.5) is 0 Å². The summed E-state index contributed by atoms with van der Waals surface area (Å²) in [5.41, 5.74) is 1.25. The predicted molar refractivity (Wildman–Crippen MR) is 88.7 cm³/mol. The molecule has 0 fully saturated rings. The summed E-state index contributed by atoms with van der Waals surface area (Å²) in [7, 11) is 0. The van der Waals surface area contributed by atoms with Crippen LogP contribution in [0.2, 0.25) is 0 Å². The van der Waals surface area contributed by atoms with E-state index in [1.807, 2.05) is 12.1 Å². The molecule has 0 radical (unpaired) electrons. The summed E-state index contributed by atoms with van der Waals surface area (Å²) in [6, 6.07) is 6.01. The lowest BCUT2D eigenvalue weighted by atomic mass is 10.2. The van der Waals surface area contributed by atoms with Gasteiger partial charge in [-0.3, -0.25) is 0 Å². The molecule has 0 aromatic carbocycles. The van der Waals surface area contributed by atoms with Crippen molar-refractivity contribution in [1.82, 2.24) is 10.6 Å². The molecule has 0 aliphatic carbocycles. The fourth-order valence-electron chi connectivity index (χ4n) is 1.79. The van der Waals surface area contributed by atoms with Gasteiger partial charge in [0.1, 0.15) is 5.76 Å². The Morgan fingerprint density at radius 3 is 2.90 bits per heavy atom.